The molecule has 1 heterocycles. The molecule has 0 bridgehead atoms. The third-order valence-corrected chi connectivity index (χ3v) is 4.31. The standard InChI is InChI=1S/C17H23F3N4O2/c1-21-16(26)24-9-12(8-23(2)3)14(10-24)22-15(25)11-5-4-6-13(7-11)17(18,19)20/h4-7,12,14H,8-10H2,1-3H3,(H,21,26)(H,22,25)/t12-,14-/m1/s1. The lowest BCUT2D eigenvalue weighted by molar-refractivity contribution is -0.137. The van der Waals surface area contributed by atoms with Crippen LogP contribution in [-0.2, 0) is 6.18 Å². The van der Waals surface area contributed by atoms with Crippen LogP contribution in [0.2, 0.25) is 0 Å². The van der Waals surface area contributed by atoms with Crippen LogP contribution in [-0.4, -0.2) is 68.6 Å². The fourth-order valence-corrected chi connectivity index (χ4v) is 3.10. The molecule has 1 fully saturated rings. The topological polar surface area (TPSA) is 64.7 Å². The molecule has 0 saturated carbocycles. The van der Waals surface area contributed by atoms with Gasteiger partial charge >= 0.3 is 12.2 Å². The van der Waals surface area contributed by atoms with Crippen LogP contribution in [0.1, 0.15) is 15.9 Å². The molecular weight excluding hydrogens is 349 g/mol. The molecule has 1 aromatic rings. The average molecular weight is 372 g/mol. The molecule has 9 heteroatoms. The predicted octanol–water partition coefficient (Wildman–Crippen LogP) is 1.64. The Balaban J connectivity index is 2.14. The number of likely N-dealkylation sites (tertiary alicyclic amines) is 1. The van der Waals surface area contributed by atoms with Crippen LogP contribution in [0.15, 0.2) is 24.3 Å². The van der Waals surface area contributed by atoms with E-state index in [9.17, 15) is 22.8 Å². The number of alkyl halides is 3. The van der Waals surface area contributed by atoms with E-state index in [1.165, 1.54) is 19.2 Å². The third kappa shape index (κ3) is 4.87. The lowest BCUT2D eigenvalue weighted by Crippen LogP contribution is -2.44. The molecule has 144 valence electrons. The van der Waals surface area contributed by atoms with E-state index in [0.29, 0.717) is 19.6 Å². The predicted molar refractivity (Wildman–Crippen MR) is 90.8 cm³/mol. The van der Waals surface area contributed by atoms with Gasteiger partial charge in [-0.25, -0.2) is 4.79 Å². The van der Waals surface area contributed by atoms with Gasteiger partial charge in [0, 0.05) is 38.2 Å². The van der Waals surface area contributed by atoms with Crippen molar-refractivity contribution in [1.82, 2.24) is 20.4 Å². The number of hydrogen-bond acceptors (Lipinski definition) is 3. The number of nitrogens with zero attached hydrogens (tertiary/aromatic N) is 2. The third-order valence-electron chi connectivity index (χ3n) is 4.31. The van der Waals surface area contributed by atoms with E-state index in [1.807, 2.05) is 19.0 Å². The first-order valence-electron chi connectivity index (χ1n) is 8.21. The molecule has 1 saturated heterocycles. The van der Waals surface area contributed by atoms with Crippen LogP contribution in [0.5, 0.6) is 0 Å². The highest BCUT2D eigenvalue weighted by Crippen LogP contribution is 2.29. The van der Waals surface area contributed by atoms with Gasteiger partial charge in [-0.1, -0.05) is 6.07 Å². The van der Waals surface area contributed by atoms with E-state index < -0.39 is 17.6 Å². The quantitative estimate of drug-likeness (QED) is 0.845. The van der Waals surface area contributed by atoms with E-state index in [2.05, 4.69) is 10.6 Å². The van der Waals surface area contributed by atoms with Gasteiger partial charge in [0.05, 0.1) is 11.6 Å². The fourth-order valence-electron chi connectivity index (χ4n) is 3.10. The Hall–Kier alpha value is -2.29. The molecule has 26 heavy (non-hydrogen) atoms. The summed E-state index contributed by atoms with van der Waals surface area (Å²) in [4.78, 5) is 27.8. The zero-order valence-electron chi connectivity index (χ0n) is 14.9. The minimum absolute atomic E-state index is 0.0166. The van der Waals surface area contributed by atoms with E-state index in [4.69, 9.17) is 0 Å². The van der Waals surface area contributed by atoms with Gasteiger partial charge in [-0.2, -0.15) is 13.2 Å². The van der Waals surface area contributed by atoms with Crippen LogP contribution in [0.4, 0.5) is 18.0 Å². The van der Waals surface area contributed by atoms with Crippen molar-refractivity contribution in [3.05, 3.63) is 35.4 Å². The van der Waals surface area contributed by atoms with Crippen LogP contribution in [0, 0.1) is 5.92 Å². The van der Waals surface area contributed by atoms with Gasteiger partial charge in [-0.3, -0.25) is 4.79 Å². The van der Waals surface area contributed by atoms with Crippen molar-refractivity contribution in [1.29, 1.82) is 0 Å². The number of hydrogen-bond donors (Lipinski definition) is 2. The summed E-state index contributed by atoms with van der Waals surface area (Å²) < 4.78 is 38.5. The van der Waals surface area contributed by atoms with Gasteiger partial charge in [-0.15, -0.1) is 0 Å². The first-order valence-corrected chi connectivity index (χ1v) is 8.21. The molecule has 1 aliphatic heterocycles. The van der Waals surface area contributed by atoms with Crippen molar-refractivity contribution >= 4 is 11.9 Å². The number of carbonyl (C=O) groups is 2. The Kier molecular flexibility index (Phi) is 6.12. The number of urea groups is 1. The number of rotatable bonds is 4. The maximum atomic E-state index is 12.8. The van der Waals surface area contributed by atoms with Gasteiger partial charge in [0.2, 0.25) is 0 Å². The summed E-state index contributed by atoms with van der Waals surface area (Å²) in [6.07, 6.45) is -4.51. The average Bonchev–Trinajstić information content (AvgIpc) is 2.95. The highest BCUT2D eigenvalue weighted by atomic mass is 19.4. The van der Waals surface area contributed by atoms with Gasteiger partial charge < -0.3 is 20.4 Å². The van der Waals surface area contributed by atoms with Gasteiger partial charge in [0.1, 0.15) is 0 Å². The zero-order chi connectivity index (χ0) is 19.5. The largest absolute Gasteiger partial charge is 0.416 e. The maximum Gasteiger partial charge on any atom is 0.416 e. The molecule has 0 unspecified atom stereocenters. The van der Waals surface area contributed by atoms with Crippen molar-refractivity contribution in [2.24, 2.45) is 5.92 Å². The minimum Gasteiger partial charge on any atom is -0.347 e. The second kappa shape index (κ2) is 7.94. The number of carbonyl (C=O) groups excluding carboxylic acids is 2. The summed E-state index contributed by atoms with van der Waals surface area (Å²) in [5, 5.41) is 5.33. The SMILES string of the molecule is CNC(=O)N1C[C@@H](CN(C)C)[C@H](NC(=O)c2cccc(C(F)(F)F)c2)C1. The summed E-state index contributed by atoms with van der Waals surface area (Å²) in [5.41, 5.74) is -0.921. The van der Waals surface area contributed by atoms with Crippen LogP contribution in [0.25, 0.3) is 0 Å². The fraction of sp³-hybridized carbons (Fsp3) is 0.529. The van der Waals surface area contributed by atoms with Crippen LogP contribution in [0.3, 0.4) is 0 Å². The van der Waals surface area contributed by atoms with Crippen LogP contribution >= 0.6 is 0 Å². The molecule has 2 rings (SSSR count). The molecular formula is C17H23F3N4O2. The molecule has 6 nitrogen and oxygen atoms in total. The van der Waals surface area contributed by atoms with E-state index in [-0.39, 0.29) is 23.6 Å². The normalized spacial score (nSPS) is 20.3. The Morgan fingerprint density at radius 1 is 1.27 bits per heavy atom. The highest BCUT2D eigenvalue weighted by molar-refractivity contribution is 5.94. The van der Waals surface area contributed by atoms with E-state index in [1.54, 1.807) is 4.90 Å². The number of halogens is 3. The summed E-state index contributed by atoms with van der Waals surface area (Å²) in [7, 11) is 5.29. The molecule has 0 spiro atoms. The van der Waals surface area contributed by atoms with Crippen molar-refractivity contribution in [2.45, 2.75) is 12.2 Å². The number of amides is 3. The van der Waals surface area contributed by atoms with E-state index >= 15 is 0 Å². The van der Waals surface area contributed by atoms with E-state index in [0.717, 1.165) is 12.1 Å². The van der Waals surface area contributed by atoms with Crippen LogP contribution < -0.4 is 10.6 Å². The number of benzene rings is 1. The lowest BCUT2D eigenvalue weighted by atomic mass is 10.0. The van der Waals surface area contributed by atoms with Gasteiger partial charge in [-0.05, 0) is 32.3 Å². The lowest BCUT2D eigenvalue weighted by Gasteiger charge is -2.22. The molecule has 3 amide bonds. The summed E-state index contributed by atoms with van der Waals surface area (Å²) >= 11 is 0. The Morgan fingerprint density at radius 2 is 1.96 bits per heavy atom. The summed E-state index contributed by atoms with van der Waals surface area (Å²) in [6.45, 7) is 1.41. The highest BCUT2D eigenvalue weighted by Gasteiger charge is 2.36. The summed E-state index contributed by atoms with van der Waals surface area (Å²) in [6, 6.07) is 3.73. The first-order chi connectivity index (χ1) is 12.1. The Morgan fingerprint density at radius 3 is 2.54 bits per heavy atom. The van der Waals surface area contributed by atoms with Crippen molar-refractivity contribution in [3.63, 3.8) is 0 Å². The monoisotopic (exact) mass is 372 g/mol. The zero-order valence-corrected chi connectivity index (χ0v) is 14.9. The first kappa shape index (κ1) is 20.0. The van der Waals surface area contributed by atoms with Crippen molar-refractivity contribution in [2.75, 3.05) is 40.8 Å². The minimum atomic E-state index is -4.51. The van der Waals surface area contributed by atoms with Crippen molar-refractivity contribution in [3.8, 4) is 0 Å². The molecule has 1 aromatic carbocycles. The molecule has 0 aromatic heterocycles. The van der Waals surface area contributed by atoms with Gasteiger partial charge in [0.25, 0.3) is 5.91 Å². The molecule has 0 aliphatic carbocycles. The smallest absolute Gasteiger partial charge is 0.347 e. The molecule has 1 aliphatic rings. The number of nitrogens with one attached hydrogen (secondary N) is 2. The summed E-state index contributed by atoms with van der Waals surface area (Å²) in [5.74, 6) is -0.597. The molecule has 2 atom stereocenters. The molecule has 0 radical (unpaired) electrons. The maximum absolute atomic E-state index is 12.8. The Labute approximate surface area is 150 Å². The second-order valence-corrected chi connectivity index (χ2v) is 6.64. The van der Waals surface area contributed by atoms with Gasteiger partial charge in [0.15, 0.2) is 0 Å². The molecule has 2 N–H and O–H groups in total. The second-order valence-electron chi connectivity index (χ2n) is 6.64. The Bertz CT molecular complexity index is 664. The van der Waals surface area contributed by atoms with Crippen molar-refractivity contribution < 1.29 is 22.8 Å².